The highest BCUT2D eigenvalue weighted by molar-refractivity contribution is 7.80. The van der Waals surface area contributed by atoms with Gasteiger partial charge in [-0.3, -0.25) is 10.7 Å². The number of hydrogen-bond acceptors (Lipinski definition) is 2. The van der Waals surface area contributed by atoms with Crippen molar-refractivity contribution in [3.05, 3.63) is 35.9 Å². The lowest BCUT2D eigenvalue weighted by molar-refractivity contribution is 0.234. The molecular formula is C11H15NOS. The molecule has 3 heteroatoms. The molecule has 0 radical (unpaired) electrons. The lowest BCUT2D eigenvalue weighted by Crippen LogP contribution is -2.15. The highest BCUT2D eigenvalue weighted by Gasteiger charge is 1.95. The molecule has 0 saturated heterocycles. The normalized spacial score (nSPS) is 9.79. The van der Waals surface area contributed by atoms with Crippen molar-refractivity contribution in [2.45, 2.75) is 25.7 Å². The Balaban J connectivity index is 2.13. The van der Waals surface area contributed by atoms with Crippen LogP contribution < -0.4 is 5.48 Å². The molecule has 1 aromatic rings. The number of hydroxylamine groups is 1. The molecule has 0 fully saturated rings. The van der Waals surface area contributed by atoms with Crippen LogP contribution in [0.4, 0.5) is 0 Å². The number of aryl methyl sites for hydroxylation is 1. The summed E-state index contributed by atoms with van der Waals surface area (Å²) in [5.74, 6) is 0. The topological polar surface area (TPSA) is 32.3 Å². The number of nitrogens with one attached hydrogen (secondary N) is 1. The molecule has 0 aliphatic heterocycles. The Morgan fingerprint density at radius 3 is 2.57 bits per heavy atom. The van der Waals surface area contributed by atoms with Crippen LogP contribution in [-0.4, -0.2) is 10.2 Å². The monoisotopic (exact) mass is 209 g/mol. The molecule has 0 atom stereocenters. The van der Waals surface area contributed by atoms with Crippen LogP contribution in [0.25, 0.3) is 0 Å². The number of hydrogen-bond donors (Lipinski definition) is 2. The van der Waals surface area contributed by atoms with E-state index in [9.17, 15) is 0 Å². The van der Waals surface area contributed by atoms with Crippen molar-refractivity contribution in [1.82, 2.24) is 5.48 Å². The Morgan fingerprint density at radius 1 is 1.21 bits per heavy atom. The van der Waals surface area contributed by atoms with Gasteiger partial charge >= 0.3 is 0 Å². The molecule has 0 spiro atoms. The van der Waals surface area contributed by atoms with Gasteiger partial charge in [-0.15, -0.1) is 0 Å². The predicted octanol–water partition coefficient (Wildman–Crippen LogP) is 2.71. The van der Waals surface area contributed by atoms with E-state index in [1.807, 2.05) is 11.5 Å². The van der Waals surface area contributed by atoms with Gasteiger partial charge in [0.1, 0.15) is 4.99 Å². The second-order valence-electron chi connectivity index (χ2n) is 3.23. The van der Waals surface area contributed by atoms with Crippen molar-refractivity contribution in [1.29, 1.82) is 0 Å². The summed E-state index contributed by atoms with van der Waals surface area (Å²) in [6.07, 6.45) is 3.96. The van der Waals surface area contributed by atoms with E-state index in [0.29, 0.717) is 4.99 Å². The summed E-state index contributed by atoms with van der Waals surface area (Å²) in [7, 11) is 0. The zero-order valence-electron chi connectivity index (χ0n) is 8.07. The van der Waals surface area contributed by atoms with E-state index in [-0.39, 0.29) is 0 Å². The fourth-order valence-corrected chi connectivity index (χ4v) is 1.46. The number of thiocarbonyl (C=S) groups is 1. The van der Waals surface area contributed by atoms with Gasteiger partial charge in [0.2, 0.25) is 0 Å². The van der Waals surface area contributed by atoms with E-state index >= 15 is 0 Å². The van der Waals surface area contributed by atoms with Gasteiger partial charge in [0.05, 0.1) is 0 Å². The second kappa shape index (κ2) is 6.51. The molecule has 1 rings (SSSR count). The fraction of sp³-hybridized carbons (Fsp3) is 0.364. The fourth-order valence-electron chi connectivity index (χ4n) is 1.32. The van der Waals surface area contributed by atoms with Gasteiger partial charge < -0.3 is 0 Å². The maximum atomic E-state index is 8.46. The molecular weight excluding hydrogens is 194 g/mol. The summed E-state index contributed by atoms with van der Waals surface area (Å²) in [6.45, 7) is 0. The highest BCUT2D eigenvalue weighted by Crippen LogP contribution is 2.06. The maximum absolute atomic E-state index is 8.46. The third-order valence-electron chi connectivity index (χ3n) is 2.09. The molecule has 0 aromatic heterocycles. The van der Waals surface area contributed by atoms with Crippen molar-refractivity contribution in [3.63, 3.8) is 0 Å². The Morgan fingerprint density at radius 2 is 1.93 bits per heavy atom. The van der Waals surface area contributed by atoms with E-state index < -0.39 is 0 Å². The third-order valence-corrected chi connectivity index (χ3v) is 2.38. The molecule has 0 aliphatic rings. The summed E-state index contributed by atoms with van der Waals surface area (Å²) >= 11 is 4.82. The number of unbranched alkanes of at least 4 members (excludes halogenated alkanes) is 1. The van der Waals surface area contributed by atoms with E-state index in [1.165, 1.54) is 5.56 Å². The lowest BCUT2D eigenvalue weighted by Gasteiger charge is -2.02. The minimum absolute atomic E-state index is 0.526. The average Bonchev–Trinajstić information content (AvgIpc) is 2.25. The van der Waals surface area contributed by atoms with Crippen molar-refractivity contribution >= 4 is 17.2 Å². The molecule has 1 aromatic carbocycles. The van der Waals surface area contributed by atoms with Crippen LogP contribution in [0.3, 0.4) is 0 Å². The predicted molar refractivity (Wildman–Crippen MR) is 61.5 cm³/mol. The first kappa shape index (κ1) is 11.1. The van der Waals surface area contributed by atoms with Gasteiger partial charge in [-0.2, -0.15) is 0 Å². The van der Waals surface area contributed by atoms with Crippen LogP contribution in [0.2, 0.25) is 0 Å². The zero-order valence-corrected chi connectivity index (χ0v) is 8.89. The maximum Gasteiger partial charge on any atom is 0.100 e. The summed E-state index contributed by atoms with van der Waals surface area (Å²) in [5, 5.41) is 8.46. The summed E-state index contributed by atoms with van der Waals surface area (Å²) in [6, 6.07) is 10.4. The largest absolute Gasteiger partial charge is 0.291 e. The van der Waals surface area contributed by atoms with Crippen LogP contribution in [-0.2, 0) is 6.42 Å². The van der Waals surface area contributed by atoms with Gasteiger partial charge in [0.25, 0.3) is 0 Å². The third kappa shape index (κ3) is 4.35. The zero-order chi connectivity index (χ0) is 10.2. The van der Waals surface area contributed by atoms with Crippen molar-refractivity contribution in [2.75, 3.05) is 0 Å². The van der Waals surface area contributed by atoms with Crippen LogP contribution in [0.15, 0.2) is 30.3 Å². The molecule has 0 heterocycles. The summed E-state index contributed by atoms with van der Waals surface area (Å²) in [4.78, 5) is 0.526. The molecule has 0 saturated carbocycles. The Bertz CT molecular complexity index is 274. The Kier molecular flexibility index (Phi) is 5.19. The Labute approximate surface area is 89.9 Å². The minimum Gasteiger partial charge on any atom is -0.291 e. The number of benzene rings is 1. The molecule has 76 valence electrons. The molecule has 2 nitrogen and oxygen atoms in total. The highest BCUT2D eigenvalue weighted by atomic mass is 32.1. The quantitative estimate of drug-likeness (QED) is 0.444. The van der Waals surface area contributed by atoms with Gasteiger partial charge in [0, 0.05) is 0 Å². The summed E-state index contributed by atoms with van der Waals surface area (Å²) in [5.41, 5.74) is 3.35. The molecule has 0 amide bonds. The summed E-state index contributed by atoms with van der Waals surface area (Å²) < 4.78 is 0. The van der Waals surface area contributed by atoms with Crippen LogP contribution in [0.5, 0.6) is 0 Å². The first-order chi connectivity index (χ1) is 6.83. The van der Waals surface area contributed by atoms with Crippen LogP contribution in [0.1, 0.15) is 24.8 Å². The van der Waals surface area contributed by atoms with Crippen LogP contribution >= 0.6 is 12.2 Å². The SMILES string of the molecule is ONC(=S)CCCCc1ccccc1. The van der Waals surface area contributed by atoms with Gasteiger partial charge in [-0.25, -0.2) is 0 Å². The standard InChI is InChI=1S/C11H15NOS/c13-12-11(14)9-5-4-8-10-6-2-1-3-7-10/h1-3,6-7,13H,4-5,8-9H2,(H,12,14). The smallest absolute Gasteiger partial charge is 0.100 e. The molecule has 0 aliphatic carbocycles. The van der Waals surface area contributed by atoms with E-state index in [4.69, 9.17) is 17.4 Å². The minimum atomic E-state index is 0.526. The molecule has 0 bridgehead atoms. The molecule has 14 heavy (non-hydrogen) atoms. The van der Waals surface area contributed by atoms with E-state index in [2.05, 4.69) is 24.3 Å². The van der Waals surface area contributed by atoms with Crippen LogP contribution in [0, 0.1) is 0 Å². The van der Waals surface area contributed by atoms with Crippen molar-refractivity contribution in [3.8, 4) is 0 Å². The first-order valence-corrected chi connectivity index (χ1v) is 5.20. The van der Waals surface area contributed by atoms with Crippen molar-refractivity contribution in [2.24, 2.45) is 0 Å². The van der Waals surface area contributed by atoms with Gasteiger partial charge in [0.15, 0.2) is 0 Å². The van der Waals surface area contributed by atoms with Crippen molar-refractivity contribution < 1.29 is 5.21 Å². The van der Waals surface area contributed by atoms with Gasteiger partial charge in [-0.05, 0) is 31.2 Å². The second-order valence-corrected chi connectivity index (χ2v) is 3.72. The first-order valence-electron chi connectivity index (χ1n) is 4.80. The number of rotatable bonds is 5. The molecule has 2 N–H and O–H groups in total. The molecule has 0 unspecified atom stereocenters. The van der Waals surface area contributed by atoms with E-state index in [1.54, 1.807) is 0 Å². The van der Waals surface area contributed by atoms with E-state index in [0.717, 1.165) is 25.7 Å². The Hall–Kier alpha value is -0.930. The van der Waals surface area contributed by atoms with Gasteiger partial charge in [-0.1, -0.05) is 42.5 Å². The average molecular weight is 209 g/mol. The lowest BCUT2D eigenvalue weighted by atomic mass is 10.1.